The normalized spacial score (nSPS) is 14.4. The number of carboxylic acid groups (broad SMARTS) is 1. The first-order valence-electron chi connectivity index (χ1n) is 5.45. The lowest BCUT2D eigenvalue weighted by molar-refractivity contribution is -0.0365. The fraction of sp³-hybridized carbons (Fsp3) is 0.700. The van der Waals surface area contributed by atoms with Gasteiger partial charge in [-0.1, -0.05) is 5.21 Å². The molecule has 0 fully saturated rings. The number of methoxy groups -OCH3 is 1. The van der Waals surface area contributed by atoms with E-state index in [0.29, 0.717) is 6.61 Å². The average molecular weight is 259 g/mol. The third-order valence-corrected chi connectivity index (χ3v) is 2.13. The Bertz CT molecular complexity index is 381. The van der Waals surface area contributed by atoms with Crippen LogP contribution in [0.2, 0.25) is 0 Å². The Morgan fingerprint density at radius 1 is 1.56 bits per heavy atom. The lowest BCUT2D eigenvalue weighted by Gasteiger charge is -2.15. The quantitative estimate of drug-likeness (QED) is 0.641. The standard InChI is InChI=1S/C10H17N3O5/c1-7(5-17-2)18-6-8(14)3-13-4-9(10(15)16)11-12-13/h4,7-8,14H,3,5-6H2,1-2H3,(H,15,16). The van der Waals surface area contributed by atoms with Crippen LogP contribution in [0.4, 0.5) is 0 Å². The summed E-state index contributed by atoms with van der Waals surface area (Å²) in [4.78, 5) is 10.6. The summed E-state index contributed by atoms with van der Waals surface area (Å²) in [6.45, 7) is 2.51. The molecule has 18 heavy (non-hydrogen) atoms. The lowest BCUT2D eigenvalue weighted by atomic mass is 10.3. The summed E-state index contributed by atoms with van der Waals surface area (Å²) in [5, 5.41) is 25.3. The molecule has 0 spiro atoms. The second-order valence-electron chi connectivity index (χ2n) is 3.88. The van der Waals surface area contributed by atoms with Gasteiger partial charge in [0.25, 0.3) is 0 Å². The highest BCUT2D eigenvalue weighted by Crippen LogP contribution is 1.98. The van der Waals surface area contributed by atoms with Gasteiger partial charge in [-0.05, 0) is 6.92 Å². The summed E-state index contributed by atoms with van der Waals surface area (Å²) in [5.74, 6) is -1.15. The van der Waals surface area contributed by atoms with Crippen molar-refractivity contribution in [3.63, 3.8) is 0 Å². The number of aliphatic hydroxyl groups is 1. The molecule has 8 heteroatoms. The fourth-order valence-corrected chi connectivity index (χ4v) is 1.31. The second kappa shape index (κ2) is 7.04. The molecule has 0 bridgehead atoms. The molecule has 2 N–H and O–H groups in total. The van der Waals surface area contributed by atoms with Crippen LogP contribution in [0.25, 0.3) is 0 Å². The maximum Gasteiger partial charge on any atom is 0.358 e. The van der Waals surface area contributed by atoms with Gasteiger partial charge in [-0.25, -0.2) is 9.48 Å². The van der Waals surface area contributed by atoms with Gasteiger partial charge >= 0.3 is 5.97 Å². The molecule has 0 aliphatic heterocycles. The van der Waals surface area contributed by atoms with Gasteiger partial charge < -0.3 is 19.7 Å². The molecule has 2 atom stereocenters. The number of hydrogen-bond acceptors (Lipinski definition) is 6. The smallest absolute Gasteiger partial charge is 0.358 e. The van der Waals surface area contributed by atoms with Gasteiger partial charge in [-0.2, -0.15) is 0 Å². The summed E-state index contributed by atoms with van der Waals surface area (Å²) >= 11 is 0. The van der Waals surface area contributed by atoms with Crippen molar-refractivity contribution < 1.29 is 24.5 Å². The number of hydrogen-bond donors (Lipinski definition) is 2. The monoisotopic (exact) mass is 259 g/mol. The van der Waals surface area contributed by atoms with Crippen molar-refractivity contribution in [3.8, 4) is 0 Å². The predicted octanol–water partition coefficient (Wildman–Crippen LogP) is -0.611. The van der Waals surface area contributed by atoms with E-state index >= 15 is 0 Å². The largest absolute Gasteiger partial charge is 0.476 e. The molecule has 0 aliphatic rings. The highest BCUT2D eigenvalue weighted by molar-refractivity contribution is 5.84. The molecule has 0 saturated carbocycles. The van der Waals surface area contributed by atoms with Crippen molar-refractivity contribution in [2.24, 2.45) is 0 Å². The van der Waals surface area contributed by atoms with Crippen molar-refractivity contribution in [2.75, 3.05) is 20.3 Å². The third-order valence-electron chi connectivity index (χ3n) is 2.13. The minimum Gasteiger partial charge on any atom is -0.476 e. The van der Waals surface area contributed by atoms with Crippen LogP contribution in [0.1, 0.15) is 17.4 Å². The molecule has 0 radical (unpaired) electrons. The first-order chi connectivity index (χ1) is 8.52. The van der Waals surface area contributed by atoms with Crippen LogP contribution < -0.4 is 0 Å². The van der Waals surface area contributed by atoms with E-state index in [1.807, 2.05) is 6.92 Å². The molecule has 0 aliphatic carbocycles. The highest BCUT2D eigenvalue weighted by atomic mass is 16.5. The Morgan fingerprint density at radius 2 is 2.28 bits per heavy atom. The Morgan fingerprint density at radius 3 is 2.83 bits per heavy atom. The van der Waals surface area contributed by atoms with E-state index in [4.69, 9.17) is 14.6 Å². The Balaban J connectivity index is 2.34. The predicted molar refractivity (Wildman–Crippen MR) is 60.3 cm³/mol. The van der Waals surface area contributed by atoms with Gasteiger partial charge in [-0.3, -0.25) is 0 Å². The van der Waals surface area contributed by atoms with Crippen LogP contribution in [-0.4, -0.2) is 63.7 Å². The van der Waals surface area contributed by atoms with Gasteiger partial charge in [0.05, 0.1) is 38.2 Å². The van der Waals surface area contributed by atoms with E-state index in [0.717, 1.165) is 0 Å². The SMILES string of the molecule is COCC(C)OCC(O)Cn1cc(C(=O)O)nn1. The molecular weight excluding hydrogens is 242 g/mol. The summed E-state index contributed by atoms with van der Waals surface area (Å²) in [6.07, 6.45) is 0.354. The molecule has 0 aromatic carbocycles. The van der Waals surface area contributed by atoms with Gasteiger partial charge in [0.15, 0.2) is 5.69 Å². The van der Waals surface area contributed by atoms with Gasteiger partial charge in [0.2, 0.25) is 0 Å². The van der Waals surface area contributed by atoms with E-state index < -0.39 is 12.1 Å². The van der Waals surface area contributed by atoms with Gasteiger partial charge in [-0.15, -0.1) is 5.10 Å². The van der Waals surface area contributed by atoms with Crippen molar-refractivity contribution >= 4 is 5.97 Å². The Labute approximate surface area is 104 Å². The molecule has 0 saturated heterocycles. The molecule has 2 unspecified atom stereocenters. The number of rotatable bonds is 8. The molecule has 1 aromatic rings. The Hall–Kier alpha value is -1.51. The van der Waals surface area contributed by atoms with E-state index in [9.17, 15) is 9.90 Å². The number of aromatic nitrogens is 3. The van der Waals surface area contributed by atoms with E-state index in [2.05, 4.69) is 10.3 Å². The van der Waals surface area contributed by atoms with Crippen molar-refractivity contribution in [1.82, 2.24) is 15.0 Å². The summed E-state index contributed by atoms with van der Waals surface area (Å²) in [5.41, 5.74) is -0.157. The number of aromatic carboxylic acids is 1. The van der Waals surface area contributed by atoms with Crippen LogP contribution in [0.3, 0.4) is 0 Å². The summed E-state index contributed by atoms with van der Waals surface area (Å²) < 4.78 is 11.5. The number of carboxylic acids is 1. The van der Waals surface area contributed by atoms with Gasteiger partial charge in [0.1, 0.15) is 0 Å². The van der Waals surface area contributed by atoms with Crippen molar-refractivity contribution in [3.05, 3.63) is 11.9 Å². The topological polar surface area (TPSA) is 107 Å². The molecule has 1 aromatic heterocycles. The fourth-order valence-electron chi connectivity index (χ4n) is 1.31. The van der Waals surface area contributed by atoms with Gasteiger partial charge in [0, 0.05) is 7.11 Å². The third kappa shape index (κ3) is 4.78. The highest BCUT2D eigenvalue weighted by Gasteiger charge is 2.12. The van der Waals surface area contributed by atoms with Crippen LogP contribution >= 0.6 is 0 Å². The average Bonchev–Trinajstić information content (AvgIpc) is 2.75. The second-order valence-corrected chi connectivity index (χ2v) is 3.88. The van der Waals surface area contributed by atoms with Crippen LogP contribution in [-0.2, 0) is 16.0 Å². The van der Waals surface area contributed by atoms with Crippen molar-refractivity contribution in [2.45, 2.75) is 25.7 Å². The molecule has 1 heterocycles. The Kier molecular flexibility index (Phi) is 5.69. The molecule has 102 valence electrons. The number of aliphatic hydroxyl groups excluding tert-OH is 1. The van der Waals surface area contributed by atoms with E-state index in [1.54, 1.807) is 7.11 Å². The van der Waals surface area contributed by atoms with Crippen LogP contribution in [0.5, 0.6) is 0 Å². The molecular formula is C10H17N3O5. The number of carbonyl (C=O) groups is 1. The summed E-state index contributed by atoms with van der Waals surface area (Å²) in [7, 11) is 1.57. The van der Waals surface area contributed by atoms with E-state index in [-0.39, 0.29) is 24.9 Å². The molecule has 8 nitrogen and oxygen atoms in total. The zero-order chi connectivity index (χ0) is 13.5. The minimum absolute atomic E-state index is 0.116. The van der Waals surface area contributed by atoms with Crippen molar-refractivity contribution in [1.29, 1.82) is 0 Å². The lowest BCUT2D eigenvalue weighted by Crippen LogP contribution is -2.26. The molecule has 0 amide bonds. The zero-order valence-electron chi connectivity index (χ0n) is 10.3. The first-order valence-corrected chi connectivity index (χ1v) is 5.45. The number of nitrogens with zero attached hydrogens (tertiary/aromatic N) is 3. The summed E-state index contributed by atoms with van der Waals surface area (Å²) in [6, 6.07) is 0. The first kappa shape index (κ1) is 14.6. The zero-order valence-corrected chi connectivity index (χ0v) is 10.3. The maximum absolute atomic E-state index is 10.6. The van der Waals surface area contributed by atoms with Crippen LogP contribution in [0, 0.1) is 0 Å². The maximum atomic E-state index is 10.6. The minimum atomic E-state index is -1.15. The van der Waals surface area contributed by atoms with Crippen LogP contribution in [0.15, 0.2) is 6.20 Å². The van der Waals surface area contributed by atoms with E-state index in [1.165, 1.54) is 10.9 Å². The molecule has 1 rings (SSSR count). The number of ether oxygens (including phenoxy) is 2.